The maximum Gasteiger partial charge on any atom is 0.130 e. The van der Waals surface area contributed by atoms with Crippen LogP contribution in [-0.2, 0) is 0 Å². The van der Waals surface area contributed by atoms with Gasteiger partial charge in [0.1, 0.15) is 11.6 Å². The first kappa shape index (κ1) is 13.1. The quantitative estimate of drug-likeness (QED) is 0.813. The van der Waals surface area contributed by atoms with Crippen LogP contribution in [0.2, 0.25) is 0 Å². The molecule has 0 heterocycles. The fraction of sp³-hybridized carbons (Fsp3) is 0.538. The lowest BCUT2D eigenvalue weighted by atomic mass is 9.91. The minimum Gasteiger partial charge on any atom is -0.324 e. The maximum absolute atomic E-state index is 13.4. The van der Waals surface area contributed by atoms with E-state index in [9.17, 15) is 8.78 Å². The second kappa shape index (κ2) is 5.94. The molecule has 0 spiro atoms. The van der Waals surface area contributed by atoms with Crippen LogP contribution < -0.4 is 5.73 Å². The average molecular weight is 227 g/mol. The van der Waals surface area contributed by atoms with Crippen LogP contribution >= 0.6 is 0 Å². The van der Waals surface area contributed by atoms with E-state index in [0.717, 1.165) is 25.3 Å². The molecule has 0 radical (unpaired) electrons. The van der Waals surface area contributed by atoms with Crippen molar-refractivity contribution >= 4 is 0 Å². The van der Waals surface area contributed by atoms with E-state index in [4.69, 9.17) is 5.73 Å². The molecule has 0 aliphatic rings. The first-order chi connectivity index (χ1) is 7.58. The zero-order chi connectivity index (χ0) is 12.1. The Balaban J connectivity index is 2.76. The molecule has 1 rings (SSSR count). The molecule has 0 aromatic heterocycles. The lowest BCUT2D eigenvalue weighted by molar-refractivity contribution is 0.407. The second-order valence-corrected chi connectivity index (χ2v) is 4.19. The molecule has 0 fully saturated rings. The monoisotopic (exact) mass is 227 g/mol. The van der Waals surface area contributed by atoms with Crippen molar-refractivity contribution in [2.24, 2.45) is 11.7 Å². The third kappa shape index (κ3) is 3.27. The largest absolute Gasteiger partial charge is 0.324 e. The zero-order valence-corrected chi connectivity index (χ0v) is 9.84. The van der Waals surface area contributed by atoms with E-state index in [1.165, 1.54) is 12.1 Å². The smallest absolute Gasteiger partial charge is 0.130 e. The highest BCUT2D eigenvalue weighted by Crippen LogP contribution is 2.25. The van der Waals surface area contributed by atoms with Gasteiger partial charge in [-0.3, -0.25) is 0 Å². The van der Waals surface area contributed by atoms with E-state index >= 15 is 0 Å². The van der Waals surface area contributed by atoms with Crippen LogP contribution in [0.4, 0.5) is 8.78 Å². The van der Waals surface area contributed by atoms with E-state index in [2.05, 4.69) is 13.8 Å². The van der Waals surface area contributed by atoms with Crippen LogP contribution in [0.15, 0.2) is 18.2 Å². The van der Waals surface area contributed by atoms with E-state index < -0.39 is 11.6 Å². The first-order valence-corrected chi connectivity index (χ1v) is 5.79. The molecule has 90 valence electrons. The fourth-order valence-electron chi connectivity index (χ4n) is 1.91. The Kier molecular flexibility index (Phi) is 4.87. The first-order valence-electron chi connectivity index (χ1n) is 5.79. The number of benzene rings is 1. The summed E-state index contributed by atoms with van der Waals surface area (Å²) in [5.74, 6) is -0.603. The molecule has 2 N–H and O–H groups in total. The van der Waals surface area contributed by atoms with Crippen molar-refractivity contribution in [3.05, 3.63) is 35.4 Å². The van der Waals surface area contributed by atoms with Gasteiger partial charge in [0, 0.05) is 17.7 Å². The van der Waals surface area contributed by atoms with Crippen molar-refractivity contribution in [3.63, 3.8) is 0 Å². The molecule has 3 heteroatoms. The summed E-state index contributed by atoms with van der Waals surface area (Å²) in [6, 6.07) is 3.25. The summed E-state index contributed by atoms with van der Waals surface area (Å²) in [6.07, 6.45) is 2.82. The number of hydrogen-bond donors (Lipinski definition) is 1. The lowest BCUT2D eigenvalue weighted by Gasteiger charge is -2.19. The molecule has 0 bridgehead atoms. The van der Waals surface area contributed by atoms with Crippen molar-refractivity contribution in [1.29, 1.82) is 0 Å². The molecule has 0 amide bonds. The van der Waals surface area contributed by atoms with E-state index in [-0.39, 0.29) is 6.04 Å². The van der Waals surface area contributed by atoms with Crippen molar-refractivity contribution in [2.45, 2.75) is 39.2 Å². The molecule has 1 aromatic carbocycles. The Hall–Kier alpha value is -0.960. The van der Waals surface area contributed by atoms with Crippen LogP contribution in [0.1, 0.15) is 44.7 Å². The lowest BCUT2D eigenvalue weighted by Crippen LogP contribution is -2.16. The summed E-state index contributed by atoms with van der Waals surface area (Å²) in [7, 11) is 0. The summed E-state index contributed by atoms with van der Waals surface area (Å²) in [5, 5.41) is 0. The van der Waals surface area contributed by atoms with Gasteiger partial charge >= 0.3 is 0 Å². The highest BCUT2D eigenvalue weighted by atomic mass is 19.1. The van der Waals surface area contributed by atoms with Gasteiger partial charge in [-0.25, -0.2) is 8.78 Å². The minimum atomic E-state index is -0.559. The summed E-state index contributed by atoms with van der Waals surface area (Å²) in [4.78, 5) is 0. The minimum absolute atomic E-state index is 0.342. The molecule has 1 nitrogen and oxygen atoms in total. The van der Waals surface area contributed by atoms with Gasteiger partial charge in [0.25, 0.3) is 0 Å². The molecule has 0 saturated heterocycles. The highest BCUT2D eigenvalue weighted by molar-refractivity contribution is 5.21. The van der Waals surface area contributed by atoms with E-state index in [1.54, 1.807) is 0 Å². The summed E-state index contributed by atoms with van der Waals surface area (Å²) in [6.45, 7) is 4.20. The molecule has 1 atom stereocenters. The molecule has 0 aliphatic carbocycles. The molecule has 0 saturated carbocycles. The molecule has 1 aromatic rings. The molecule has 0 aliphatic heterocycles. The topological polar surface area (TPSA) is 26.0 Å². The van der Waals surface area contributed by atoms with Crippen LogP contribution in [-0.4, -0.2) is 0 Å². The van der Waals surface area contributed by atoms with Gasteiger partial charge in [0.05, 0.1) is 0 Å². The summed E-state index contributed by atoms with van der Waals surface area (Å²) >= 11 is 0. The van der Waals surface area contributed by atoms with Crippen LogP contribution in [0.5, 0.6) is 0 Å². The second-order valence-electron chi connectivity index (χ2n) is 4.19. The SMILES string of the molecule is CCC(CC)CC(N)c1ccc(F)cc1F. The normalized spacial score (nSPS) is 13.1. The number of hydrogen-bond acceptors (Lipinski definition) is 1. The predicted octanol–water partition coefficient (Wildman–Crippen LogP) is 3.79. The van der Waals surface area contributed by atoms with Gasteiger partial charge in [0.2, 0.25) is 0 Å². The van der Waals surface area contributed by atoms with Gasteiger partial charge in [-0.1, -0.05) is 32.8 Å². The average Bonchev–Trinajstić information content (AvgIpc) is 2.25. The van der Waals surface area contributed by atoms with Crippen molar-refractivity contribution in [1.82, 2.24) is 0 Å². The van der Waals surface area contributed by atoms with Crippen LogP contribution in [0.3, 0.4) is 0 Å². The van der Waals surface area contributed by atoms with Gasteiger partial charge in [-0.2, -0.15) is 0 Å². The molecule has 16 heavy (non-hydrogen) atoms. The van der Waals surface area contributed by atoms with E-state index in [0.29, 0.717) is 11.5 Å². The van der Waals surface area contributed by atoms with Gasteiger partial charge in [-0.05, 0) is 18.4 Å². The fourth-order valence-corrected chi connectivity index (χ4v) is 1.91. The zero-order valence-electron chi connectivity index (χ0n) is 9.84. The predicted molar refractivity (Wildman–Crippen MR) is 62.0 cm³/mol. The third-order valence-electron chi connectivity index (χ3n) is 3.10. The number of nitrogens with two attached hydrogens (primary N) is 1. The highest BCUT2D eigenvalue weighted by Gasteiger charge is 2.15. The van der Waals surface area contributed by atoms with Gasteiger partial charge in [0.15, 0.2) is 0 Å². The Bertz CT molecular complexity index is 335. The van der Waals surface area contributed by atoms with Crippen LogP contribution in [0, 0.1) is 17.6 Å². The Morgan fingerprint density at radius 3 is 2.31 bits per heavy atom. The Morgan fingerprint density at radius 1 is 1.19 bits per heavy atom. The van der Waals surface area contributed by atoms with Gasteiger partial charge < -0.3 is 5.73 Å². The molecular weight excluding hydrogens is 208 g/mol. The van der Waals surface area contributed by atoms with Crippen LogP contribution in [0.25, 0.3) is 0 Å². The molecule has 1 unspecified atom stereocenters. The van der Waals surface area contributed by atoms with Crippen molar-refractivity contribution in [2.75, 3.05) is 0 Å². The molecular formula is C13H19F2N. The van der Waals surface area contributed by atoms with E-state index in [1.807, 2.05) is 0 Å². The Labute approximate surface area is 95.7 Å². The number of halogens is 2. The van der Waals surface area contributed by atoms with Crippen molar-refractivity contribution < 1.29 is 8.78 Å². The summed E-state index contributed by atoms with van der Waals surface area (Å²) < 4.78 is 26.2. The maximum atomic E-state index is 13.4. The Morgan fingerprint density at radius 2 is 1.81 bits per heavy atom. The standard InChI is InChI=1S/C13H19F2N/c1-3-9(4-2)7-13(16)11-6-5-10(14)8-12(11)15/h5-6,8-9,13H,3-4,7,16H2,1-2H3. The number of rotatable bonds is 5. The summed E-state index contributed by atoms with van der Waals surface area (Å²) in [5.41, 5.74) is 6.35. The third-order valence-corrected chi connectivity index (χ3v) is 3.10. The van der Waals surface area contributed by atoms with Crippen molar-refractivity contribution in [3.8, 4) is 0 Å². The van der Waals surface area contributed by atoms with Gasteiger partial charge in [-0.15, -0.1) is 0 Å².